The number of para-hydroxylation sites is 4. The van der Waals surface area contributed by atoms with Crippen molar-refractivity contribution in [3.63, 3.8) is 0 Å². The number of hydrogen-bond acceptors (Lipinski definition) is 4. The van der Waals surface area contributed by atoms with Gasteiger partial charge in [-0.2, -0.15) is 0 Å². The molecule has 4 aromatic carbocycles. The summed E-state index contributed by atoms with van der Waals surface area (Å²) >= 11 is 0. The number of aromatic amines is 2. The smallest absolute Gasteiger partial charge is 0.205 e. The first-order valence-corrected chi connectivity index (χ1v) is 11.4. The van der Waals surface area contributed by atoms with Gasteiger partial charge >= 0.3 is 0 Å². The summed E-state index contributed by atoms with van der Waals surface area (Å²) in [5, 5.41) is 6.70. The molecule has 2 heterocycles. The van der Waals surface area contributed by atoms with Crippen LogP contribution >= 0.6 is 0 Å². The van der Waals surface area contributed by atoms with Crippen LogP contribution in [0, 0.1) is 0 Å². The quantitative estimate of drug-likeness (QED) is 0.221. The van der Waals surface area contributed by atoms with Gasteiger partial charge in [-0.25, -0.2) is 9.97 Å². The molecule has 6 heteroatoms. The molecule has 4 N–H and O–H groups in total. The Morgan fingerprint density at radius 1 is 0.500 bits per heavy atom. The molecule has 0 aliphatic rings. The lowest BCUT2D eigenvalue weighted by Gasteiger charge is -2.07. The monoisotopic (exact) mass is 444 g/mol. The van der Waals surface area contributed by atoms with Gasteiger partial charge in [0.2, 0.25) is 11.9 Å². The van der Waals surface area contributed by atoms with Gasteiger partial charge in [0.05, 0.1) is 22.1 Å². The average Bonchev–Trinajstić information content (AvgIpc) is 3.47. The standard InChI is InChI=1S/C28H24N6/c1-2-6-24-23(5-1)31-27(32-24)29-21-15-11-19(12-16-21)9-10-20-13-17-22(18-14-20)30-28-33-25-7-3-4-8-26(25)34-28/h1-8,11-18H,9-10H2,(H2,29,31,32)(H2,30,33,34). The maximum absolute atomic E-state index is 4.57. The van der Waals surface area contributed by atoms with E-state index in [0.29, 0.717) is 0 Å². The third kappa shape index (κ3) is 4.34. The molecule has 0 amide bonds. The van der Waals surface area contributed by atoms with Crippen LogP contribution < -0.4 is 10.6 Å². The largest absolute Gasteiger partial charge is 0.326 e. The molecule has 6 rings (SSSR count). The lowest BCUT2D eigenvalue weighted by Crippen LogP contribution is -1.95. The average molecular weight is 445 g/mol. The molecule has 0 unspecified atom stereocenters. The first-order valence-electron chi connectivity index (χ1n) is 11.4. The fraction of sp³-hybridized carbons (Fsp3) is 0.0714. The van der Waals surface area contributed by atoms with Gasteiger partial charge in [0.1, 0.15) is 0 Å². The van der Waals surface area contributed by atoms with E-state index >= 15 is 0 Å². The molecule has 0 aliphatic carbocycles. The molecule has 0 fully saturated rings. The molecule has 2 aromatic heterocycles. The number of aryl methyl sites for hydroxylation is 2. The van der Waals surface area contributed by atoms with Gasteiger partial charge in [-0.3, -0.25) is 0 Å². The van der Waals surface area contributed by atoms with Crippen LogP contribution in [-0.4, -0.2) is 19.9 Å². The summed E-state index contributed by atoms with van der Waals surface area (Å²) in [5.74, 6) is 1.51. The topological polar surface area (TPSA) is 81.4 Å². The normalized spacial score (nSPS) is 11.2. The Hall–Kier alpha value is -4.58. The Morgan fingerprint density at radius 2 is 0.912 bits per heavy atom. The van der Waals surface area contributed by atoms with Crippen molar-refractivity contribution in [1.82, 2.24) is 19.9 Å². The van der Waals surface area contributed by atoms with E-state index < -0.39 is 0 Å². The van der Waals surface area contributed by atoms with Gasteiger partial charge in [-0.15, -0.1) is 0 Å². The van der Waals surface area contributed by atoms with Crippen LogP contribution in [0.2, 0.25) is 0 Å². The molecule has 166 valence electrons. The van der Waals surface area contributed by atoms with Crippen LogP contribution in [0.4, 0.5) is 23.3 Å². The highest BCUT2D eigenvalue weighted by Gasteiger charge is 2.04. The van der Waals surface area contributed by atoms with Crippen molar-refractivity contribution in [3.05, 3.63) is 108 Å². The molecule has 0 radical (unpaired) electrons. The van der Waals surface area contributed by atoms with E-state index in [9.17, 15) is 0 Å². The van der Waals surface area contributed by atoms with Crippen molar-refractivity contribution < 1.29 is 0 Å². The van der Waals surface area contributed by atoms with Gasteiger partial charge in [-0.05, 0) is 72.5 Å². The van der Waals surface area contributed by atoms with Crippen molar-refractivity contribution in [1.29, 1.82) is 0 Å². The number of H-pyrrole nitrogens is 2. The molecule has 0 spiro atoms. The third-order valence-electron chi connectivity index (χ3n) is 5.91. The maximum Gasteiger partial charge on any atom is 0.205 e. The van der Waals surface area contributed by atoms with Crippen molar-refractivity contribution in [3.8, 4) is 0 Å². The van der Waals surface area contributed by atoms with Gasteiger partial charge < -0.3 is 20.6 Å². The Balaban J connectivity index is 1.05. The number of rotatable bonds is 7. The summed E-state index contributed by atoms with van der Waals surface area (Å²) in [5.41, 5.74) is 8.62. The number of nitrogens with zero attached hydrogens (tertiary/aromatic N) is 2. The number of imidazole rings is 2. The second-order valence-corrected chi connectivity index (χ2v) is 8.35. The second kappa shape index (κ2) is 8.75. The molecular formula is C28H24N6. The minimum Gasteiger partial charge on any atom is -0.326 e. The molecule has 6 nitrogen and oxygen atoms in total. The fourth-order valence-corrected chi connectivity index (χ4v) is 4.10. The van der Waals surface area contributed by atoms with Crippen LogP contribution in [-0.2, 0) is 12.8 Å². The Bertz CT molecular complexity index is 1360. The SMILES string of the molecule is c1ccc2[nH]c(Nc3ccc(CCc4ccc(Nc5nc6ccccc6[nH]5)cc4)cc3)nc2c1. The van der Waals surface area contributed by atoms with Crippen LogP contribution in [0.25, 0.3) is 22.1 Å². The lowest BCUT2D eigenvalue weighted by molar-refractivity contribution is 0.960. The zero-order valence-electron chi connectivity index (χ0n) is 18.5. The summed E-state index contributed by atoms with van der Waals surface area (Å²) in [6.45, 7) is 0. The fourth-order valence-electron chi connectivity index (χ4n) is 4.10. The van der Waals surface area contributed by atoms with Crippen molar-refractivity contribution in [2.24, 2.45) is 0 Å². The molecular weight excluding hydrogens is 420 g/mol. The third-order valence-corrected chi connectivity index (χ3v) is 5.91. The summed E-state index contributed by atoms with van der Waals surface area (Å²) < 4.78 is 0. The number of aromatic nitrogens is 4. The predicted molar refractivity (Wildman–Crippen MR) is 139 cm³/mol. The van der Waals surface area contributed by atoms with E-state index in [-0.39, 0.29) is 0 Å². The lowest BCUT2D eigenvalue weighted by atomic mass is 10.0. The van der Waals surface area contributed by atoms with Crippen LogP contribution in [0.1, 0.15) is 11.1 Å². The molecule has 0 saturated carbocycles. The predicted octanol–water partition coefficient (Wildman–Crippen LogP) is 6.71. The van der Waals surface area contributed by atoms with E-state index in [4.69, 9.17) is 0 Å². The van der Waals surface area contributed by atoms with Crippen molar-refractivity contribution >= 4 is 45.3 Å². The highest BCUT2D eigenvalue weighted by Crippen LogP contribution is 2.21. The number of nitrogens with one attached hydrogen (secondary N) is 4. The highest BCUT2D eigenvalue weighted by molar-refractivity contribution is 5.79. The number of fused-ring (bicyclic) bond motifs is 2. The van der Waals surface area contributed by atoms with Gasteiger partial charge in [0, 0.05) is 11.4 Å². The molecule has 0 atom stereocenters. The molecule has 0 saturated heterocycles. The van der Waals surface area contributed by atoms with Gasteiger partial charge in [0.15, 0.2) is 0 Å². The van der Waals surface area contributed by atoms with Crippen LogP contribution in [0.15, 0.2) is 97.1 Å². The first kappa shape index (κ1) is 20.1. The second-order valence-electron chi connectivity index (χ2n) is 8.35. The minimum atomic E-state index is 0.755. The van der Waals surface area contributed by atoms with Gasteiger partial charge in [0.25, 0.3) is 0 Å². The zero-order chi connectivity index (χ0) is 22.7. The maximum atomic E-state index is 4.57. The zero-order valence-corrected chi connectivity index (χ0v) is 18.5. The molecule has 0 bridgehead atoms. The molecule has 0 aliphatic heterocycles. The van der Waals surface area contributed by atoms with Crippen molar-refractivity contribution in [2.75, 3.05) is 10.6 Å². The van der Waals surface area contributed by atoms with E-state index in [1.165, 1.54) is 11.1 Å². The van der Waals surface area contributed by atoms with E-state index in [2.05, 4.69) is 79.1 Å². The van der Waals surface area contributed by atoms with Crippen molar-refractivity contribution in [2.45, 2.75) is 12.8 Å². The number of anilines is 4. The van der Waals surface area contributed by atoms with Crippen LogP contribution in [0.3, 0.4) is 0 Å². The Labute approximate surface area is 197 Å². The van der Waals surface area contributed by atoms with E-state index in [1.807, 2.05) is 48.5 Å². The Morgan fingerprint density at radius 3 is 1.32 bits per heavy atom. The summed E-state index contributed by atoms with van der Waals surface area (Å²) in [6, 6.07) is 33.1. The first-order chi connectivity index (χ1) is 16.8. The summed E-state index contributed by atoms with van der Waals surface area (Å²) in [7, 11) is 0. The van der Waals surface area contributed by atoms with E-state index in [0.717, 1.165) is 58.2 Å². The minimum absolute atomic E-state index is 0.755. The highest BCUT2D eigenvalue weighted by atomic mass is 15.1. The molecule has 34 heavy (non-hydrogen) atoms. The summed E-state index contributed by atoms with van der Waals surface area (Å²) in [4.78, 5) is 15.7. The Kier molecular flexibility index (Phi) is 5.16. The number of benzene rings is 4. The molecule has 6 aromatic rings. The van der Waals surface area contributed by atoms with E-state index in [1.54, 1.807) is 0 Å². The van der Waals surface area contributed by atoms with Gasteiger partial charge in [-0.1, -0.05) is 48.5 Å². The number of hydrogen-bond donors (Lipinski definition) is 4. The van der Waals surface area contributed by atoms with Crippen LogP contribution in [0.5, 0.6) is 0 Å². The summed E-state index contributed by atoms with van der Waals surface area (Å²) in [6.07, 6.45) is 1.97.